The average molecular weight is 265 g/mol. The zero-order chi connectivity index (χ0) is 14.0. The second kappa shape index (κ2) is 5.23. The number of β-amino-alcohol motifs (C(OH)–C–C–N with tert-alkyl or cyclic N) is 1. The van der Waals surface area contributed by atoms with Crippen molar-refractivity contribution >= 4 is 17.7 Å². The largest absolute Gasteiger partial charge is 0.480 e. The Labute approximate surface area is 110 Å². The van der Waals surface area contributed by atoms with Gasteiger partial charge in [0.05, 0.1) is 18.0 Å². The summed E-state index contributed by atoms with van der Waals surface area (Å²) >= 11 is 0. The lowest BCUT2D eigenvalue weighted by Crippen LogP contribution is -2.47. The molecule has 2 heterocycles. The van der Waals surface area contributed by atoms with Gasteiger partial charge in [-0.05, 0) is 12.1 Å². The number of carboxylic acids is 1. The number of hydrogen-bond acceptors (Lipinski definition) is 4. The molecular formula is C12H15N3O4. The molecule has 19 heavy (non-hydrogen) atoms. The molecule has 0 radical (unpaired) electrons. The number of carbonyl (C=O) groups excluding carboxylic acids is 1. The maximum Gasteiger partial charge on any atom is 0.326 e. The van der Waals surface area contributed by atoms with Gasteiger partial charge in [-0.25, -0.2) is 9.59 Å². The molecule has 1 unspecified atom stereocenters. The van der Waals surface area contributed by atoms with Crippen LogP contribution in [0.3, 0.4) is 0 Å². The smallest absolute Gasteiger partial charge is 0.326 e. The van der Waals surface area contributed by atoms with Crippen LogP contribution in [0.15, 0.2) is 24.5 Å². The number of aliphatic hydroxyl groups is 1. The van der Waals surface area contributed by atoms with Crippen molar-refractivity contribution in [3.8, 4) is 0 Å². The number of urea groups is 1. The van der Waals surface area contributed by atoms with E-state index in [0.717, 1.165) is 0 Å². The number of anilines is 1. The summed E-state index contributed by atoms with van der Waals surface area (Å²) < 4.78 is 0. The highest BCUT2D eigenvalue weighted by Gasteiger charge is 2.40. The predicted molar refractivity (Wildman–Crippen MR) is 66.8 cm³/mol. The molecule has 0 spiro atoms. The minimum atomic E-state index is -1.11. The summed E-state index contributed by atoms with van der Waals surface area (Å²) in [5, 5.41) is 18.6. The van der Waals surface area contributed by atoms with Crippen molar-refractivity contribution in [1.82, 2.24) is 9.88 Å². The van der Waals surface area contributed by atoms with E-state index >= 15 is 0 Å². The van der Waals surface area contributed by atoms with Gasteiger partial charge in [0, 0.05) is 26.2 Å². The standard InChI is InChI=1S/C12H15N3O4/c1-14(8-3-2-4-13-6-8)12(19)15-7-9(16)5-10(15)11(17)18/h2-4,6,9-10,16H,5,7H2,1H3,(H,17,18)/t9?,10-/m0/s1. The molecule has 1 aromatic rings. The first-order chi connectivity index (χ1) is 9.00. The fourth-order valence-corrected chi connectivity index (χ4v) is 2.11. The van der Waals surface area contributed by atoms with E-state index in [1.54, 1.807) is 25.4 Å². The van der Waals surface area contributed by atoms with E-state index in [-0.39, 0.29) is 13.0 Å². The van der Waals surface area contributed by atoms with E-state index in [0.29, 0.717) is 5.69 Å². The summed E-state index contributed by atoms with van der Waals surface area (Å²) in [7, 11) is 1.54. The summed E-state index contributed by atoms with van der Waals surface area (Å²) in [4.78, 5) is 29.7. The van der Waals surface area contributed by atoms with Crippen LogP contribution in [0, 0.1) is 0 Å². The summed E-state index contributed by atoms with van der Waals surface area (Å²) in [6, 6.07) is 1.94. The van der Waals surface area contributed by atoms with Crippen LogP contribution in [0.4, 0.5) is 10.5 Å². The summed E-state index contributed by atoms with van der Waals surface area (Å²) in [6.45, 7) is 0.0282. The van der Waals surface area contributed by atoms with Crippen molar-refractivity contribution in [2.24, 2.45) is 0 Å². The average Bonchev–Trinajstić information content (AvgIpc) is 2.80. The lowest BCUT2D eigenvalue weighted by Gasteiger charge is -2.27. The highest BCUT2D eigenvalue weighted by atomic mass is 16.4. The number of carboxylic acid groups (broad SMARTS) is 1. The van der Waals surface area contributed by atoms with Crippen LogP contribution < -0.4 is 4.90 Å². The summed E-state index contributed by atoms with van der Waals surface area (Å²) in [5.41, 5.74) is 0.568. The van der Waals surface area contributed by atoms with Gasteiger partial charge in [0.2, 0.25) is 0 Å². The molecule has 2 N–H and O–H groups in total. The van der Waals surface area contributed by atoms with Gasteiger partial charge in [-0.3, -0.25) is 9.88 Å². The molecule has 1 aliphatic heterocycles. The molecule has 0 aromatic carbocycles. The topological polar surface area (TPSA) is 94.0 Å². The number of hydrogen-bond donors (Lipinski definition) is 2. The quantitative estimate of drug-likeness (QED) is 0.794. The van der Waals surface area contributed by atoms with Crippen LogP contribution in [0.2, 0.25) is 0 Å². The second-order valence-electron chi connectivity index (χ2n) is 4.45. The third-order valence-corrected chi connectivity index (χ3v) is 3.13. The van der Waals surface area contributed by atoms with Gasteiger partial charge in [0.15, 0.2) is 0 Å². The number of pyridine rings is 1. The van der Waals surface area contributed by atoms with Gasteiger partial charge in [-0.1, -0.05) is 0 Å². The first-order valence-corrected chi connectivity index (χ1v) is 5.86. The molecule has 1 aromatic heterocycles. The van der Waals surface area contributed by atoms with Gasteiger partial charge in [0.25, 0.3) is 0 Å². The van der Waals surface area contributed by atoms with Crippen molar-refractivity contribution in [3.05, 3.63) is 24.5 Å². The Morgan fingerprint density at radius 3 is 2.84 bits per heavy atom. The number of carbonyl (C=O) groups is 2. The van der Waals surface area contributed by atoms with Crippen LogP contribution in [0.25, 0.3) is 0 Å². The molecule has 2 rings (SSSR count). The van der Waals surface area contributed by atoms with Crippen molar-refractivity contribution in [2.75, 3.05) is 18.5 Å². The Balaban J connectivity index is 2.17. The molecule has 2 amide bonds. The number of aliphatic carboxylic acids is 1. The van der Waals surface area contributed by atoms with E-state index in [4.69, 9.17) is 5.11 Å². The monoisotopic (exact) mass is 265 g/mol. The van der Waals surface area contributed by atoms with E-state index in [9.17, 15) is 14.7 Å². The van der Waals surface area contributed by atoms with Crippen LogP contribution in [-0.4, -0.2) is 57.8 Å². The highest BCUT2D eigenvalue weighted by molar-refractivity contribution is 5.94. The van der Waals surface area contributed by atoms with E-state index < -0.39 is 24.1 Å². The third-order valence-electron chi connectivity index (χ3n) is 3.13. The minimum absolute atomic E-state index is 0.0282. The fourth-order valence-electron chi connectivity index (χ4n) is 2.11. The van der Waals surface area contributed by atoms with Crippen molar-refractivity contribution in [3.63, 3.8) is 0 Å². The van der Waals surface area contributed by atoms with Crippen LogP contribution in [-0.2, 0) is 4.79 Å². The Kier molecular flexibility index (Phi) is 3.66. The maximum absolute atomic E-state index is 12.3. The number of rotatable bonds is 2. The number of amides is 2. The zero-order valence-corrected chi connectivity index (χ0v) is 10.4. The minimum Gasteiger partial charge on any atom is -0.480 e. The van der Waals surface area contributed by atoms with E-state index in [1.807, 2.05) is 0 Å². The molecule has 1 saturated heterocycles. The van der Waals surface area contributed by atoms with Crippen LogP contribution in [0.5, 0.6) is 0 Å². The van der Waals surface area contributed by atoms with Gasteiger partial charge >= 0.3 is 12.0 Å². The molecule has 7 nitrogen and oxygen atoms in total. The molecule has 2 atom stereocenters. The van der Waals surface area contributed by atoms with Crippen LogP contribution in [0.1, 0.15) is 6.42 Å². The zero-order valence-electron chi connectivity index (χ0n) is 10.4. The molecular weight excluding hydrogens is 250 g/mol. The summed E-state index contributed by atoms with van der Waals surface area (Å²) in [5.74, 6) is -1.11. The molecule has 0 saturated carbocycles. The lowest BCUT2D eigenvalue weighted by molar-refractivity contribution is -0.141. The first kappa shape index (κ1) is 13.3. The molecule has 1 aliphatic rings. The van der Waals surface area contributed by atoms with E-state index in [2.05, 4.69) is 4.98 Å². The Hall–Kier alpha value is -2.15. The predicted octanol–water partition coefficient (Wildman–Crippen LogP) is 0.158. The normalized spacial score (nSPS) is 22.3. The SMILES string of the molecule is CN(C(=O)N1CC(O)C[C@H]1C(=O)O)c1cccnc1. The molecule has 1 fully saturated rings. The van der Waals surface area contributed by atoms with Crippen molar-refractivity contribution < 1.29 is 19.8 Å². The maximum atomic E-state index is 12.3. The van der Waals surface area contributed by atoms with Gasteiger partial charge < -0.3 is 15.1 Å². The van der Waals surface area contributed by atoms with Gasteiger partial charge in [-0.2, -0.15) is 0 Å². The number of aliphatic hydroxyl groups excluding tert-OH is 1. The lowest BCUT2D eigenvalue weighted by atomic mass is 10.2. The first-order valence-electron chi connectivity index (χ1n) is 5.86. The fraction of sp³-hybridized carbons (Fsp3) is 0.417. The number of nitrogens with zero attached hydrogens (tertiary/aromatic N) is 3. The van der Waals surface area contributed by atoms with Gasteiger partial charge in [-0.15, -0.1) is 0 Å². The highest BCUT2D eigenvalue weighted by Crippen LogP contribution is 2.21. The Morgan fingerprint density at radius 1 is 1.53 bits per heavy atom. The number of aromatic nitrogens is 1. The number of likely N-dealkylation sites (tertiary alicyclic amines) is 1. The van der Waals surface area contributed by atoms with Gasteiger partial charge in [0.1, 0.15) is 6.04 Å². The molecule has 102 valence electrons. The third kappa shape index (κ3) is 2.65. The van der Waals surface area contributed by atoms with Crippen molar-refractivity contribution in [1.29, 1.82) is 0 Å². The van der Waals surface area contributed by atoms with Crippen molar-refractivity contribution in [2.45, 2.75) is 18.6 Å². The Morgan fingerprint density at radius 2 is 2.26 bits per heavy atom. The summed E-state index contributed by atoms with van der Waals surface area (Å²) in [6.07, 6.45) is 2.36. The second-order valence-corrected chi connectivity index (χ2v) is 4.45. The molecule has 0 aliphatic carbocycles. The Bertz CT molecular complexity index is 479. The van der Waals surface area contributed by atoms with Crippen LogP contribution >= 0.6 is 0 Å². The molecule has 0 bridgehead atoms. The molecule has 7 heteroatoms. The van der Waals surface area contributed by atoms with E-state index in [1.165, 1.54) is 16.0 Å².